The van der Waals surface area contributed by atoms with Gasteiger partial charge in [0.15, 0.2) is 0 Å². The second-order valence-corrected chi connectivity index (χ2v) is 14.8. The molecule has 0 amide bonds. The lowest BCUT2D eigenvalue weighted by Gasteiger charge is -2.50. The first kappa shape index (κ1) is 33.5. The molecule has 0 heterocycles. The summed E-state index contributed by atoms with van der Waals surface area (Å²) in [5.41, 5.74) is 3.13. The number of fused-ring (bicyclic) bond motifs is 2. The number of aliphatic hydroxyl groups excluding tert-OH is 2. The van der Waals surface area contributed by atoms with E-state index >= 15 is 0 Å². The molecule has 236 valence electrons. The van der Waals surface area contributed by atoms with Crippen LogP contribution in [-0.4, -0.2) is 48.7 Å². The van der Waals surface area contributed by atoms with Crippen molar-refractivity contribution in [2.45, 2.75) is 98.4 Å². The SMILES string of the molecule is COc1cc(C)c(OC)c(C/C=C(\C)C[C@@H](O)C[C@]2(C)C[C@H]3[C@H](O)[C@H](OC(=O)c4cccc(Br)c4)CC[C@]2(C)C3(C)C)c1. The van der Waals surface area contributed by atoms with Crippen molar-refractivity contribution >= 4 is 21.9 Å². The Bertz CT molecular complexity index is 1350. The number of hydrogen-bond donors (Lipinski definition) is 2. The number of carbonyl (C=O) groups is 1. The Morgan fingerprint density at radius 2 is 1.86 bits per heavy atom. The highest BCUT2D eigenvalue weighted by Gasteiger charge is 2.66. The van der Waals surface area contributed by atoms with Gasteiger partial charge in [0.2, 0.25) is 0 Å². The Morgan fingerprint density at radius 3 is 2.51 bits per heavy atom. The minimum absolute atomic E-state index is 0.0575. The van der Waals surface area contributed by atoms with Crippen molar-refractivity contribution in [1.29, 1.82) is 0 Å². The van der Waals surface area contributed by atoms with E-state index in [1.54, 1.807) is 32.4 Å². The van der Waals surface area contributed by atoms with Gasteiger partial charge in [-0.15, -0.1) is 0 Å². The third-order valence-electron chi connectivity index (χ3n) is 11.1. The first-order valence-corrected chi connectivity index (χ1v) is 16.1. The lowest BCUT2D eigenvalue weighted by Crippen LogP contribution is -2.43. The molecule has 0 unspecified atom stereocenters. The molecule has 0 spiro atoms. The van der Waals surface area contributed by atoms with Gasteiger partial charge in [-0.3, -0.25) is 0 Å². The Balaban J connectivity index is 1.46. The van der Waals surface area contributed by atoms with Crippen LogP contribution in [0.2, 0.25) is 0 Å². The minimum Gasteiger partial charge on any atom is -0.497 e. The number of carbonyl (C=O) groups excluding carboxylic acids is 1. The number of ether oxygens (including phenoxy) is 3. The molecule has 2 aliphatic rings. The average Bonchev–Trinajstić information content (AvgIpc) is 3.05. The third kappa shape index (κ3) is 6.55. The predicted octanol–water partition coefficient (Wildman–Crippen LogP) is 7.84. The fourth-order valence-electron chi connectivity index (χ4n) is 8.15. The molecule has 7 heteroatoms. The zero-order valence-corrected chi connectivity index (χ0v) is 28.6. The molecule has 0 aliphatic heterocycles. The van der Waals surface area contributed by atoms with Crippen LogP contribution in [-0.2, 0) is 11.2 Å². The summed E-state index contributed by atoms with van der Waals surface area (Å²) < 4.78 is 17.9. The van der Waals surface area contributed by atoms with Gasteiger partial charge in [0.1, 0.15) is 17.6 Å². The van der Waals surface area contributed by atoms with E-state index in [9.17, 15) is 15.0 Å². The Kier molecular flexibility index (Phi) is 10.1. The number of hydrogen-bond acceptors (Lipinski definition) is 6. The molecule has 4 rings (SSSR count). The summed E-state index contributed by atoms with van der Waals surface area (Å²) in [6, 6.07) is 11.1. The summed E-state index contributed by atoms with van der Waals surface area (Å²) >= 11 is 3.42. The Labute approximate surface area is 266 Å². The van der Waals surface area contributed by atoms with E-state index < -0.39 is 24.3 Å². The van der Waals surface area contributed by atoms with Crippen molar-refractivity contribution in [3.63, 3.8) is 0 Å². The van der Waals surface area contributed by atoms with Gasteiger partial charge in [0.05, 0.1) is 32.0 Å². The number of aryl methyl sites for hydroxylation is 1. The molecule has 0 saturated heterocycles. The maximum absolute atomic E-state index is 13.0. The van der Waals surface area contributed by atoms with Crippen molar-refractivity contribution in [3.05, 3.63) is 69.2 Å². The number of benzene rings is 2. The highest BCUT2D eigenvalue weighted by molar-refractivity contribution is 9.10. The van der Waals surface area contributed by atoms with Crippen LogP contribution in [0.1, 0.15) is 88.2 Å². The summed E-state index contributed by atoms with van der Waals surface area (Å²) in [7, 11) is 3.35. The number of aliphatic hydroxyl groups is 2. The fraction of sp³-hybridized carbons (Fsp3) is 0.583. The zero-order valence-electron chi connectivity index (χ0n) is 27.0. The van der Waals surface area contributed by atoms with Crippen LogP contribution in [0.3, 0.4) is 0 Å². The largest absolute Gasteiger partial charge is 0.497 e. The third-order valence-corrected chi connectivity index (χ3v) is 11.6. The fourth-order valence-corrected chi connectivity index (χ4v) is 8.55. The topological polar surface area (TPSA) is 85.2 Å². The van der Waals surface area contributed by atoms with Crippen molar-refractivity contribution in [2.75, 3.05) is 14.2 Å². The molecule has 2 aromatic rings. The van der Waals surface area contributed by atoms with Crippen LogP contribution in [0, 0.1) is 29.1 Å². The molecule has 2 bridgehead atoms. The second kappa shape index (κ2) is 12.9. The van der Waals surface area contributed by atoms with Crippen molar-refractivity contribution < 1.29 is 29.2 Å². The van der Waals surface area contributed by atoms with Gasteiger partial charge in [0, 0.05) is 10.0 Å². The molecule has 0 radical (unpaired) electrons. The summed E-state index contributed by atoms with van der Waals surface area (Å²) in [5, 5.41) is 23.1. The van der Waals surface area contributed by atoms with Gasteiger partial charge in [0.25, 0.3) is 0 Å². The van der Waals surface area contributed by atoms with Gasteiger partial charge in [-0.05, 0) is 110 Å². The van der Waals surface area contributed by atoms with Gasteiger partial charge in [-0.25, -0.2) is 4.79 Å². The van der Waals surface area contributed by atoms with E-state index in [-0.39, 0.29) is 22.2 Å². The monoisotopic (exact) mass is 656 g/mol. The highest BCUT2D eigenvalue weighted by Crippen LogP contribution is 2.71. The summed E-state index contributed by atoms with van der Waals surface area (Å²) in [5.74, 6) is 1.20. The molecule has 2 N–H and O–H groups in total. The van der Waals surface area contributed by atoms with Crippen LogP contribution in [0.25, 0.3) is 0 Å². The molecule has 2 saturated carbocycles. The number of allylic oxidation sites excluding steroid dienone is 1. The summed E-state index contributed by atoms with van der Waals surface area (Å²) in [6.45, 7) is 13.2. The standard InChI is InChI=1S/C36H49BrO6/c1-22(12-13-24-19-28(41-7)17-23(2)32(24)42-8)16-27(38)20-35(5)21-29-31(39)30(14-15-36(35,6)34(29,3)4)43-33(40)25-10-9-11-26(37)18-25/h9-12,17-19,27,29-31,38-39H,13-16,20-21H2,1-8H3/b22-12+/t27-,29+,30-,31+,35-,36-/m1/s1. The normalized spacial score (nSPS) is 29.1. The average molecular weight is 658 g/mol. The quantitative estimate of drug-likeness (QED) is 0.200. The van der Waals surface area contributed by atoms with Crippen molar-refractivity contribution in [1.82, 2.24) is 0 Å². The molecule has 6 atom stereocenters. The molecular weight excluding hydrogens is 608 g/mol. The first-order valence-electron chi connectivity index (χ1n) is 15.4. The molecule has 0 aromatic heterocycles. The Morgan fingerprint density at radius 1 is 1.14 bits per heavy atom. The molecule has 2 aromatic carbocycles. The number of halogens is 1. The van der Waals surface area contributed by atoms with E-state index in [0.717, 1.165) is 45.5 Å². The van der Waals surface area contributed by atoms with Crippen LogP contribution in [0.15, 0.2) is 52.5 Å². The maximum Gasteiger partial charge on any atom is 0.338 e. The van der Waals surface area contributed by atoms with Gasteiger partial charge < -0.3 is 24.4 Å². The zero-order chi connectivity index (χ0) is 31.7. The van der Waals surface area contributed by atoms with E-state index in [1.807, 2.05) is 25.1 Å². The van der Waals surface area contributed by atoms with Crippen LogP contribution >= 0.6 is 15.9 Å². The minimum atomic E-state index is -0.769. The van der Waals surface area contributed by atoms with E-state index in [1.165, 1.54) is 0 Å². The highest BCUT2D eigenvalue weighted by atomic mass is 79.9. The molecular formula is C36H49BrO6. The number of rotatable bonds is 10. The lowest BCUT2D eigenvalue weighted by atomic mass is 9.55. The van der Waals surface area contributed by atoms with E-state index in [2.05, 4.69) is 56.6 Å². The van der Waals surface area contributed by atoms with Crippen LogP contribution in [0.4, 0.5) is 0 Å². The van der Waals surface area contributed by atoms with Crippen molar-refractivity contribution in [2.24, 2.45) is 22.2 Å². The summed E-state index contributed by atoms with van der Waals surface area (Å²) in [6.07, 6.45) is 4.40. The van der Waals surface area contributed by atoms with Crippen LogP contribution in [0.5, 0.6) is 11.5 Å². The second-order valence-electron chi connectivity index (χ2n) is 13.9. The summed E-state index contributed by atoms with van der Waals surface area (Å²) in [4.78, 5) is 13.0. The predicted molar refractivity (Wildman–Crippen MR) is 174 cm³/mol. The van der Waals surface area contributed by atoms with Crippen LogP contribution < -0.4 is 9.47 Å². The number of methoxy groups -OCH3 is 2. The lowest BCUT2D eigenvalue weighted by molar-refractivity contribution is -0.0557. The van der Waals surface area contributed by atoms with E-state index in [0.29, 0.717) is 31.2 Å². The smallest absolute Gasteiger partial charge is 0.338 e. The molecule has 6 nitrogen and oxygen atoms in total. The van der Waals surface area contributed by atoms with Crippen molar-refractivity contribution in [3.8, 4) is 11.5 Å². The van der Waals surface area contributed by atoms with Gasteiger partial charge >= 0.3 is 5.97 Å². The van der Waals surface area contributed by atoms with Gasteiger partial charge in [-0.1, -0.05) is 61.3 Å². The maximum atomic E-state index is 13.0. The molecule has 2 aliphatic carbocycles. The molecule has 2 fully saturated rings. The van der Waals surface area contributed by atoms with E-state index in [4.69, 9.17) is 14.2 Å². The molecule has 43 heavy (non-hydrogen) atoms. The first-order chi connectivity index (χ1) is 20.2. The van der Waals surface area contributed by atoms with Gasteiger partial charge in [-0.2, -0.15) is 0 Å². The number of esters is 1. The Hall–Kier alpha value is -2.35.